The van der Waals surface area contributed by atoms with E-state index in [2.05, 4.69) is 9.97 Å². The summed E-state index contributed by atoms with van der Waals surface area (Å²) in [5.41, 5.74) is 4.27. The second kappa shape index (κ2) is 10.1. The van der Waals surface area contributed by atoms with Crippen LogP contribution in [0.15, 0.2) is 108 Å². The zero-order valence-corrected chi connectivity index (χ0v) is 18.8. The predicted octanol–water partition coefficient (Wildman–Crippen LogP) is 5.75. The number of hydrogen-bond donors (Lipinski definition) is 0. The van der Waals surface area contributed by atoms with Crippen LogP contribution in [0.3, 0.4) is 0 Å². The zero-order valence-electron chi connectivity index (χ0n) is 18.8. The van der Waals surface area contributed by atoms with Crippen molar-refractivity contribution in [1.82, 2.24) is 14.5 Å². The summed E-state index contributed by atoms with van der Waals surface area (Å²) in [6.07, 6.45) is 4.92. The minimum Gasteiger partial charge on any atom is -0.487 e. The van der Waals surface area contributed by atoms with Gasteiger partial charge in [-0.3, -0.25) is 9.36 Å². The molecule has 0 aliphatic carbocycles. The Kier molecular flexibility index (Phi) is 6.44. The lowest BCUT2D eigenvalue weighted by atomic mass is 10.0. The van der Waals surface area contributed by atoms with Crippen molar-refractivity contribution >= 4 is 22.6 Å². The Bertz CT molecular complexity index is 1540. The molecule has 5 rings (SSSR count). The normalized spacial score (nSPS) is 11.5. The minimum absolute atomic E-state index is 0.146. The van der Waals surface area contributed by atoms with Crippen molar-refractivity contribution in [3.63, 3.8) is 0 Å². The quantitative estimate of drug-likeness (QED) is 0.288. The van der Waals surface area contributed by atoms with E-state index < -0.39 is 0 Å². The van der Waals surface area contributed by atoms with Gasteiger partial charge in [0, 0.05) is 17.6 Å². The van der Waals surface area contributed by atoms with Crippen LogP contribution in [0.1, 0.15) is 16.8 Å². The smallest absolute Gasteiger partial charge is 0.253 e. The first-order valence-corrected chi connectivity index (χ1v) is 11.2. The highest BCUT2D eigenvalue weighted by Crippen LogP contribution is 2.23. The summed E-state index contributed by atoms with van der Waals surface area (Å²) < 4.78 is 20.9. The molecule has 0 N–H and O–H groups in total. The second-order valence-corrected chi connectivity index (χ2v) is 8.08. The maximum atomic E-state index is 13.4. The number of fused-ring (bicyclic) bond motifs is 1. The number of halogens is 1. The molecule has 0 saturated carbocycles. The lowest BCUT2D eigenvalue weighted by Crippen LogP contribution is -2.19. The van der Waals surface area contributed by atoms with Gasteiger partial charge in [0.1, 0.15) is 18.2 Å². The number of pyridine rings is 1. The summed E-state index contributed by atoms with van der Waals surface area (Å²) in [4.78, 5) is 21.0. The van der Waals surface area contributed by atoms with Crippen molar-refractivity contribution in [2.24, 2.45) is 0 Å². The molecule has 0 atom stereocenters. The molecular formula is C29H22FN3O2. The zero-order chi connectivity index (χ0) is 24.0. The molecule has 0 spiro atoms. The van der Waals surface area contributed by atoms with Crippen LogP contribution in [0.5, 0.6) is 5.75 Å². The van der Waals surface area contributed by atoms with Crippen molar-refractivity contribution in [1.29, 1.82) is 0 Å². The largest absolute Gasteiger partial charge is 0.487 e. The van der Waals surface area contributed by atoms with Crippen LogP contribution in [0.2, 0.25) is 0 Å². The van der Waals surface area contributed by atoms with Crippen molar-refractivity contribution < 1.29 is 9.13 Å². The van der Waals surface area contributed by atoms with Crippen LogP contribution >= 0.6 is 0 Å². The summed E-state index contributed by atoms with van der Waals surface area (Å²) in [6.45, 7) is 0.679. The molecule has 2 heterocycles. The molecule has 0 saturated heterocycles. The maximum absolute atomic E-state index is 13.4. The highest BCUT2D eigenvalue weighted by molar-refractivity contribution is 5.81. The molecule has 0 fully saturated rings. The van der Waals surface area contributed by atoms with Crippen LogP contribution in [0.4, 0.5) is 4.39 Å². The molecule has 6 heteroatoms. The lowest BCUT2D eigenvalue weighted by molar-refractivity contribution is 0.302. The van der Waals surface area contributed by atoms with Crippen LogP contribution in [0, 0.1) is 5.82 Å². The van der Waals surface area contributed by atoms with Gasteiger partial charge in [-0.2, -0.15) is 0 Å². The summed E-state index contributed by atoms with van der Waals surface area (Å²) >= 11 is 0. The molecule has 0 aliphatic heterocycles. The van der Waals surface area contributed by atoms with Gasteiger partial charge in [-0.1, -0.05) is 48.5 Å². The Morgan fingerprint density at radius 3 is 2.51 bits per heavy atom. The topological polar surface area (TPSA) is 57.0 Å². The van der Waals surface area contributed by atoms with Gasteiger partial charge in [0.25, 0.3) is 5.56 Å². The van der Waals surface area contributed by atoms with Gasteiger partial charge in [0.15, 0.2) is 0 Å². The Morgan fingerprint density at radius 1 is 0.914 bits per heavy atom. The van der Waals surface area contributed by atoms with Crippen molar-refractivity contribution in [2.45, 2.75) is 13.2 Å². The van der Waals surface area contributed by atoms with E-state index in [-0.39, 0.29) is 11.4 Å². The van der Waals surface area contributed by atoms with E-state index in [1.54, 1.807) is 12.1 Å². The van der Waals surface area contributed by atoms with Gasteiger partial charge in [-0.15, -0.1) is 0 Å². The van der Waals surface area contributed by atoms with Gasteiger partial charge < -0.3 is 4.74 Å². The van der Waals surface area contributed by atoms with Crippen LogP contribution < -0.4 is 10.3 Å². The number of hydrogen-bond acceptors (Lipinski definition) is 4. The number of rotatable bonds is 7. The number of nitrogens with zero attached hydrogens (tertiary/aromatic N) is 3. The third-order valence-corrected chi connectivity index (χ3v) is 5.61. The van der Waals surface area contributed by atoms with Gasteiger partial charge >= 0.3 is 0 Å². The van der Waals surface area contributed by atoms with E-state index in [9.17, 15) is 9.18 Å². The molecule has 0 amide bonds. The van der Waals surface area contributed by atoms with Gasteiger partial charge in [0.05, 0.1) is 24.1 Å². The molecule has 35 heavy (non-hydrogen) atoms. The van der Waals surface area contributed by atoms with E-state index in [4.69, 9.17) is 4.74 Å². The molecule has 0 aliphatic rings. The molecule has 5 nitrogen and oxygen atoms in total. The second-order valence-electron chi connectivity index (χ2n) is 8.08. The maximum Gasteiger partial charge on any atom is 0.253 e. The summed E-state index contributed by atoms with van der Waals surface area (Å²) in [6, 6.07) is 27.3. The van der Waals surface area contributed by atoms with Crippen LogP contribution in [-0.4, -0.2) is 14.5 Å². The first-order chi connectivity index (χ1) is 17.1. The highest BCUT2D eigenvalue weighted by atomic mass is 19.1. The van der Waals surface area contributed by atoms with Crippen LogP contribution in [0.25, 0.3) is 22.6 Å². The number of para-hydroxylation sites is 1. The van der Waals surface area contributed by atoms with Crippen molar-refractivity contribution in [3.05, 3.63) is 137 Å². The third kappa shape index (κ3) is 5.50. The fourth-order valence-electron chi connectivity index (χ4n) is 3.77. The lowest BCUT2D eigenvalue weighted by Gasteiger charge is -2.12. The van der Waals surface area contributed by atoms with Crippen molar-refractivity contribution in [2.75, 3.05) is 0 Å². The number of benzene rings is 3. The molecule has 2 aromatic heterocycles. The van der Waals surface area contributed by atoms with E-state index in [0.717, 1.165) is 33.3 Å². The number of ether oxygens (including phenoxy) is 1. The fraction of sp³-hybridized carbons (Fsp3) is 0.0690. The average Bonchev–Trinajstić information content (AvgIpc) is 2.90. The molecule has 5 aromatic rings. The Hall–Kier alpha value is -4.58. The molecule has 0 bridgehead atoms. The summed E-state index contributed by atoms with van der Waals surface area (Å²) in [5, 5.41) is 1.09. The first kappa shape index (κ1) is 22.2. The number of aromatic nitrogens is 3. The van der Waals surface area contributed by atoms with Gasteiger partial charge in [-0.25, -0.2) is 14.4 Å². The van der Waals surface area contributed by atoms with E-state index in [1.165, 1.54) is 35.3 Å². The molecular weight excluding hydrogens is 441 g/mol. The van der Waals surface area contributed by atoms with Crippen LogP contribution in [-0.2, 0) is 13.2 Å². The Balaban J connectivity index is 1.37. The predicted molar refractivity (Wildman–Crippen MR) is 135 cm³/mol. The van der Waals surface area contributed by atoms with Crippen molar-refractivity contribution in [3.8, 4) is 5.75 Å². The number of allylic oxidation sites excluding steroid dienone is 1. The van der Waals surface area contributed by atoms with E-state index in [0.29, 0.717) is 18.9 Å². The molecule has 0 unspecified atom stereocenters. The standard InChI is InChI=1S/C29H22FN3O2/c30-25-10-5-21(6-11-25)17-24(18-33-20-31-16-15-29(33)34)22-8-13-27(14-9-22)35-19-26-12-7-23-3-1-2-4-28(23)32-26/h1-17,20H,18-19H2. The van der Waals surface area contributed by atoms with Gasteiger partial charge in [-0.05, 0) is 59.2 Å². The monoisotopic (exact) mass is 463 g/mol. The minimum atomic E-state index is -0.297. The Morgan fingerprint density at radius 2 is 1.71 bits per heavy atom. The van der Waals surface area contributed by atoms with E-state index >= 15 is 0 Å². The fourth-order valence-corrected chi connectivity index (χ4v) is 3.77. The summed E-state index contributed by atoms with van der Waals surface area (Å²) in [5.74, 6) is 0.415. The SMILES string of the molecule is O=c1ccncn1CC(=Cc1ccc(F)cc1)c1ccc(OCc2ccc3ccccc3n2)cc1. The first-order valence-electron chi connectivity index (χ1n) is 11.2. The third-order valence-electron chi connectivity index (χ3n) is 5.61. The molecule has 0 radical (unpaired) electrons. The molecule has 3 aromatic carbocycles. The molecule has 172 valence electrons. The van der Waals surface area contributed by atoms with Gasteiger partial charge in [0.2, 0.25) is 0 Å². The average molecular weight is 464 g/mol. The highest BCUT2D eigenvalue weighted by Gasteiger charge is 2.07. The van der Waals surface area contributed by atoms with E-state index in [1.807, 2.05) is 66.7 Å². The summed E-state index contributed by atoms with van der Waals surface area (Å²) in [7, 11) is 0. The Labute approximate surface area is 201 Å².